The van der Waals surface area contributed by atoms with Crippen LogP contribution < -0.4 is 15.4 Å². The predicted octanol–water partition coefficient (Wildman–Crippen LogP) is 6.58. The van der Waals surface area contributed by atoms with Crippen molar-refractivity contribution in [3.63, 3.8) is 0 Å². The number of nitrogens with one attached hydrogen (secondary N) is 2. The summed E-state index contributed by atoms with van der Waals surface area (Å²) in [6, 6.07) is 11.6. The summed E-state index contributed by atoms with van der Waals surface area (Å²) in [5.41, 5.74) is 0.645. The van der Waals surface area contributed by atoms with Gasteiger partial charge in [-0.25, -0.2) is 4.98 Å². The van der Waals surface area contributed by atoms with Crippen molar-refractivity contribution < 1.29 is 31.8 Å². The number of alkyl halides is 3. The summed E-state index contributed by atoms with van der Waals surface area (Å²) in [6.07, 6.45) is -3.50. The Morgan fingerprint density at radius 1 is 1.03 bits per heavy atom. The number of halogens is 3. The van der Waals surface area contributed by atoms with Crippen LogP contribution in [0.4, 0.5) is 36.3 Å². The Balaban J connectivity index is 1.93. The lowest BCUT2D eigenvalue weighted by Gasteiger charge is -2.19. The first-order valence-corrected chi connectivity index (χ1v) is 13.4. The van der Waals surface area contributed by atoms with Crippen LogP contribution in [0, 0.1) is 0 Å². The zero-order chi connectivity index (χ0) is 28.6. The molecule has 0 fully saturated rings. The summed E-state index contributed by atoms with van der Waals surface area (Å²) in [4.78, 5) is 21.9. The van der Waals surface area contributed by atoms with Crippen molar-refractivity contribution in [3.8, 4) is 5.75 Å². The van der Waals surface area contributed by atoms with E-state index in [1.807, 2.05) is 19.9 Å². The van der Waals surface area contributed by atoms with Gasteiger partial charge in [-0.3, -0.25) is 4.79 Å². The molecule has 1 aromatic heterocycles. The predicted molar refractivity (Wildman–Crippen MR) is 145 cm³/mol. The lowest BCUT2D eigenvalue weighted by Crippen LogP contribution is -2.23. The van der Waals surface area contributed by atoms with Gasteiger partial charge in [-0.2, -0.15) is 18.2 Å². The van der Waals surface area contributed by atoms with E-state index in [1.165, 1.54) is 24.1 Å². The molecule has 0 unspecified atom stereocenters. The number of rotatable bonds is 12. The number of anilines is 4. The molecular weight excluding hydrogens is 534 g/mol. The number of aromatic nitrogens is 2. The van der Waals surface area contributed by atoms with E-state index in [0.717, 1.165) is 5.56 Å². The number of carbonyl (C=O) groups excluding carboxylic acids is 1. The second-order valence-electron chi connectivity index (χ2n) is 8.31. The van der Waals surface area contributed by atoms with Crippen molar-refractivity contribution >= 4 is 37.4 Å². The van der Waals surface area contributed by atoms with Crippen LogP contribution in [0.1, 0.15) is 35.3 Å². The van der Waals surface area contributed by atoms with Gasteiger partial charge in [0.25, 0.3) is 5.91 Å². The Kier molecular flexibility index (Phi) is 10.4. The second kappa shape index (κ2) is 13.5. The zero-order valence-corrected chi connectivity index (χ0v) is 23.2. The Labute approximate surface area is 226 Å². The summed E-state index contributed by atoms with van der Waals surface area (Å²) in [7, 11) is 3.49. The van der Waals surface area contributed by atoms with Gasteiger partial charge in [0, 0.05) is 26.5 Å². The first-order valence-electron chi connectivity index (χ1n) is 12.1. The van der Waals surface area contributed by atoms with Crippen LogP contribution >= 0.6 is 8.38 Å². The Bertz CT molecular complexity index is 1270. The molecule has 0 radical (unpaired) electrons. The average molecular weight is 566 g/mol. The summed E-state index contributed by atoms with van der Waals surface area (Å²) < 4.78 is 58.3. The van der Waals surface area contributed by atoms with Gasteiger partial charge in [0.15, 0.2) is 8.38 Å². The van der Waals surface area contributed by atoms with Gasteiger partial charge in [0.2, 0.25) is 5.95 Å². The van der Waals surface area contributed by atoms with Gasteiger partial charge < -0.3 is 29.3 Å². The molecule has 0 bridgehead atoms. The van der Waals surface area contributed by atoms with Gasteiger partial charge in [0.1, 0.15) is 17.1 Å². The highest BCUT2D eigenvalue weighted by atomic mass is 31.2. The number of ether oxygens (including phenoxy) is 1. The fourth-order valence-electron chi connectivity index (χ4n) is 3.52. The molecule has 0 saturated carbocycles. The minimum atomic E-state index is -4.74. The fourth-order valence-corrected chi connectivity index (χ4v) is 4.84. The molecule has 0 aliphatic heterocycles. The number of carbonyl (C=O) groups is 1. The van der Waals surface area contributed by atoms with Gasteiger partial charge in [-0.1, -0.05) is 18.2 Å². The third kappa shape index (κ3) is 8.01. The van der Waals surface area contributed by atoms with Crippen LogP contribution in [-0.2, 0) is 21.4 Å². The molecule has 0 spiro atoms. The standard InChI is InChI=1S/C26H31F3N5O4P/c1-6-37-39(38-7-2)16-17-12-13-21(22(14-17)36-5)32-25-30-15-19(26(27,28)29)23(33-25)31-20-11-9-8-10-18(20)24(35)34(3)4/h8-15H,6-7,16H2,1-5H3,(H2,30,31,32,33). The molecule has 3 rings (SSSR count). The van der Waals surface area contributed by atoms with Gasteiger partial charge in [-0.15, -0.1) is 0 Å². The highest BCUT2D eigenvalue weighted by Crippen LogP contribution is 2.43. The molecule has 0 aliphatic carbocycles. The van der Waals surface area contributed by atoms with Crippen LogP contribution in [0.5, 0.6) is 5.75 Å². The first kappa shape index (κ1) is 30.1. The topological polar surface area (TPSA) is 97.8 Å². The smallest absolute Gasteiger partial charge is 0.421 e. The van der Waals surface area contributed by atoms with E-state index in [1.54, 1.807) is 38.4 Å². The van der Waals surface area contributed by atoms with E-state index < -0.39 is 25.9 Å². The van der Waals surface area contributed by atoms with E-state index in [2.05, 4.69) is 20.6 Å². The third-order valence-electron chi connectivity index (χ3n) is 5.28. The average Bonchev–Trinajstić information content (AvgIpc) is 2.89. The van der Waals surface area contributed by atoms with E-state index in [0.29, 0.717) is 37.0 Å². The lowest BCUT2D eigenvalue weighted by atomic mass is 10.1. The monoisotopic (exact) mass is 565 g/mol. The maximum atomic E-state index is 13.8. The molecule has 13 heteroatoms. The van der Waals surface area contributed by atoms with Crippen molar-refractivity contribution in [1.29, 1.82) is 0 Å². The molecule has 39 heavy (non-hydrogen) atoms. The minimum absolute atomic E-state index is 0.0983. The second-order valence-corrected chi connectivity index (χ2v) is 9.81. The minimum Gasteiger partial charge on any atom is -0.495 e. The number of para-hydroxylation sites is 1. The Morgan fingerprint density at radius 3 is 2.33 bits per heavy atom. The SMILES string of the molecule is CCOP(Cc1ccc(Nc2ncc(C(F)(F)F)c(Nc3ccccc3C(=O)N(C)C)n2)c(OC)c1)OCC. The lowest BCUT2D eigenvalue weighted by molar-refractivity contribution is -0.137. The molecular formula is C26H31F3N5O4P. The molecule has 2 N–H and O–H groups in total. The number of benzene rings is 2. The number of nitrogens with zero attached hydrogens (tertiary/aromatic N) is 3. The molecule has 0 aliphatic rings. The highest BCUT2D eigenvalue weighted by Gasteiger charge is 2.35. The van der Waals surface area contributed by atoms with Crippen molar-refractivity contribution in [2.45, 2.75) is 26.2 Å². The van der Waals surface area contributed by atoms with Crippen molar-refractivity contribution in [2.75, 3.05) is 45.1 Å². The quantitative estimate of drug-likeness (QED) is 0.238. The molecule has 0 saturated heterocycles. The first-order chi connectivity index (χ1) is 18.6. The molecule has 1 amide bonds. The largest absolute Gasteiger partial charge is 0.495 e. The molecule has 0 atom stereocenters. The van der Waals surface area contributed by atoms with Crippen LogP contribution in [0.3, 0.4) is 0 Å². The number of hydrogen-bond donors (Lipinski definition) is 2. The molecule has 210 valence electrons. The molecule has 3 aromatic rings. The highest BCUT2D eigenvalue weighted by molar-refractivity contribution is 7.46. The third-order valence-corrected chi connectivity index (χ3v) is 7.00. The summed E-state index contributed by atoms with van der Waals surface area (Å²) >= 11 is 0. The molecule has 1 heterocycles. The zero-order valence-electron chi connectivity index (χ0n) is 22.3. The fraction of sp³-hybridized carbons (Fsp3) is 0.346. The number of methoxy groups -OCH3 is 1. The maximum absolute atomic E-state index is 13.8. The normalized spacial score (nSPS) is 11.4. The van der Waals surface area contributed by atoms with Crippen molar-refractivity contribution in [1.82, 2.24) is 14.9 Å². The summed E-state index contributed by atoms with van der Waals surface area (Å²) in [6.45, 7) is 4.84. The summed E-state index contributed by atoms with van der Waals surface area (Å²) in [5, 5.41) is 5.61. The van der Waals surface area contributed by atoms with E-state index >= 15 is 0 Å². The van der Waals surface area contributed by atoms with Crippen molar-refractivity contribution in [2.24, 2.45) is 0 Å². The number of amides is 1. The van der Waals surface area contributed by atoms with Gasteiger partial charge in [-0.05, 0) is 43.7 Å². The van der Waals surface area contributed by atoms with E-state index in [9.17, 15) is 18.0 Å². The molecule has 2 aromatic carbocycles. The van der Waals surface area contributed by atoms with Crippen LogP contribution in [0.15, 0.2) is 48.7 Å². The van der Waals surface area contributed by atoms with Gasteiger partial charge in [0.05, 0.1) is 37.3 Å². The molecule has 9 nitrogen and oxygen atoms in total. The Hall–Kier alpha value is -3.47. The van der Waals surface area contributed by atoms with Crippen molar-refractivity contribution in [3.05, 3.63) is 65.4 Å². The van der Waals surface area contributed by atoms with E-state index in [-0.39, 0.29) is 23.1 Å². The summed E-state index contributed by atoms with van der Waals surface area (Å²) in [5.74, 6) is -0.538. The van der Waals surface area contributed by atoms with E-state index in [4.69, 9.17) is 13.8 Å². The van der Waals surface area contributed by atoms with Gasteiger partial charge >= 0.3 is 6.18 Å². The maximum Gasteiger partial charge on any atom is 0.421 e. The van der Waals surface area contributed by atoms with Crippen LogP contribution in [0.2, 0.25) is 0 Å². The number of hydrogen-bond acceptors (Lipinski definition) is 8. The Morgan fingerprint density at radius 2 is 1.72 bits per heavy atom. The van der Waals surface area contributed by atoms with Crippen LogP contribution in [-0.4, -0.2) is 55.2 Å². The van der Waals surface area contributed by atoms with Crippen LogP contribution in [0.25, 0.3) is 0 Å².